The third-order valence-corrected chi connectivity index (χ3v) is 2.16. The summed E-state index contributed by atoms with van der Waals surface area (Å²) in [5, 5.41) is 11.0. The van der Waals surface area contributed by atoms with Crippen LogP contribution in [0.15, 0.2) is 31.1 Å². The summed E-state index contributed by atoms with van der Waals surface area (Å²) in [7, 11) is 0. The van der Waals surface area contributed by atoms with Crippen LogP contribution < -0.4 is 5.32 Å². The first-order valence-electron chi connectivity index (χ1n) is 5.24. The second-order valence-electron chi connectivity index (χ2n) is 3.44. The molecule has 0 aliphatic heterocycles. The van der Waals surface area contributed by atoms with E-state index in [4.69, 9.17) is 0 Å². The first-order chi connectivity index (χ1) is 7.95. The summed E-state index contributed by atoms with van der Waals surface area (Å²) in [6.07, 6.45) is 9.75. The molecule has 0 spiro atoms. The fourth-order valence-corrected chi connectivity index (χ4v) is 1.37. The molecular formula is C10H14N6. The molecule has 6 nitrogen and oxygen atoms in total. The fraction of sp³-hybridized carbons (Fsp3) is 0.400. The molecule has 0 saturated heterocycles. The lowest BCUT2D eigenvalue weighted by molar-refractivity contribution is 0.529. The Labute approximate surface area is 93.7 Å². The van der Waals surface area contributed by atoms with Crippen molar-refractivity contribution in [2.75, 3.05) is 6.54 Å². The first kappa shape index (κ1) is 10.7. The third kappa shape index (κ3) is 3.39. The van der Waals surface area contributed by atoms with Gasteiger partial charge in [-0.15, -0.1) is 5.10 Å². The Bertz CT molecular complexity index is 385. The molecule has 6 heteroatoms. The number of hydrogen-bond donors (Lipinski definition) is 1. The average molecular weight is 218 g/mol. The van der Waals surface area contributed by atoms with Gasteiger partial charge >= 0.3 is 0 Å². The zero-order chi connectivity index (χ0) is 11.1. The fourth-order valence-electron chi connectivity index (χ4n) is 1.37. The molecule has 0 amide bonds. The van der Waals surface area contributed by atoms with Gasteiger partial charge in [-0.3, -0.25) is 4.68 Å². The molecule has 0 atom stereocenters. The van der Waals surface area contributed by atoms with E-state index < -0.39 is 0 Å². The minimum absolute atomic E-state index is 0.804. The highest BCUT2D eigenvalue weighted by Crippen LogP contribution is 1.92. The molecule has 0 aliphatic carbocycles. The topological polar surface area (TPSA) is 68.5 Å². The zero-order valence-corrected chi connectivity index (χ0v) is 8.95. The highest BCUT2D eigenvalue weighted by molar-refractivity contribution is 5.01. The molecule has 2 heterocycles. The third-order valence-electron chi connectivity index (χ3n) is 2.16. The van der Waals surface area contributed by atoms with Crippen LogP contribution in [-0.2, 0) is 13.1 Å². The maximum absolute atomic E-state index is 3.95. The minimum Gasteiger partial charge on any atom is -0.312 e. The summed E-state index contributed by atoms with van der Waals surface area (Å²) < 4.78 is 1.83. The summed E-state index contributed by atoms with van der Waals surface area (Å²) >= 11 is 0. The molecule has 0 radical (unpaired) electrons. The molecule has 0 aromatic carbocycles. The zero-order valence-electron chi connectivity index (χ0n) is 8.95. The van der Waals surface area contributed by atoms with Crippen LogP contribution in [0, 0.1) is 0 Å². The first-order valence-corrected chi connectivity index (χ1v) is 5.24. The van der Waals surface area contributed by atoms with Gasteiger partial charge in [-0.2, -0.15) is 0 Å². The van der Waals surface area contributed by atoms with E-state index in [1.165, 1.54) is 6.33 Å². The summed E-state index contributed by atoms with van der Waals surface area (Å²) in [4.78, 5) is 7.90. The van der Waals surface area contributed by atoms with Gasteiger partial charge in [0.25, 0.3) is 0 Å². The Morgan fingerprint density at radius 2 is 2.12 bits per heavy atom. The van der Waals surface area contributed by atoms with Crippen molar-refractivity contribution in [3.63, 3.8) is 0 Å². The predicted octanol–water partition coefficient (Wildman–Crippen LogP) is 0.248. The van der Waals surface area contributed by atoms with Crippen LogP contribution >= 0.6 is 0 Å². The summed E-state index contributed by atoms with van der Waals surface area (Å²) in [6, 6.07) is 0. The van der Waals surface area contributed by atoms with E-state index in [2.05, 4.69) is 25.6 Å². The van der Waals surface area contributed by atoms with Gasteiger partial charge in [-0.05, 0) is 13.0 Å². The van der Waals surface area contributed by atoms with E-state index in [0.717, 1.165) is 31.6 Å². The van der Waals surface area contributed by atoms with Gasteiger partial charge in [-0.1, -0.05) is 5.21 Å². The quantitative estimate of drug-likeness (QED) is 0.704. The minimum atomic E-state index is 0.804. The van der Waals surface area contributed by atoms with Crippen LogP contribution in [-0.4, -0.2) is 31.5 Å². The van der Waals surface area contributed by atoms with Crippen LogP contribution in [0.4, 0.5) is 0 Å². The van der Waals surface area contributed by atoms with Gasteiger partial charge in [0, 0.05) is 37.2 Å². The molecule has 0 saturated carbocycles. The van der Waals surface area contributed by atoms with Crippen molar-refractivity contribution in [3.8, 4) is 0 Å². The van der Waals surface area contributed by atoms with Crippen LogP contribution in [0.1, 0.15) is 12.0 Å². The average Bonchev–Trinajstić information content (AvgIpc) is 2.83. The van der Waals surface area contributed by atoms with E-state index in [1.807, 2.05) is 23.3 Å². The van der Waals surface area contributed by atoms with Gasteiger partial charge in [0.15, 0.2) is 0 Å². The van der Waals surface area contributed by atoms with Crippen molar-refractivity contribution < 1.29 is 0 Å². The van der Waals surface area contributed by atoms with E-state index in [1.54, 1.807) is 6.20 Å². The van der Waals surface area contributed by atoms with Crippen molar-refractivity contribution in [3.05, 3.63) is 36.7 Å². The second-order valence-corrected chi connectivity index (χ2v) is 3.44. The molecule has 0 fully saturated rings. The van der Waals surface area contributed by atoms with Gasteiger partial charge in [-0.25, -0.2) is 9.97 Å². The van der Waals surface area contributed by atoms with Gasteiger partial charge in [0.2, 0.25) is 0 Å². The molecule has 16 heavy (non-hydrogen) atoms. The number of nitrogens with zero attached hydrogens (tertiary/aromatic N) is 5. The van der Waals surface area contributed by atoms with Crippen LogP contribution in [0.3, 0.4) is 0 Å². The highest BCUT2D eigenvalue weighted by Gasteiger charge is 1.93. The van der Waals surface area contributed by atoms with Crippen molar-refractivity contribution in [1.82, 2.24) is 30.3 Å². The van der Waals surface area contributed by atoms with Crippen LogP contribution in [0.2, 0.25) is 0 Å². The Morgan fingerprint density at radius 3 is 2.88 bits per heavy atom. The molecular weight excluding hydrogens is 204 g/mol. The molecule has 84 valence electrons. The maximum Gasteiger partial charge on any atom is 0.115 e. The highest BCUT2D eigenvalue weighted by atomic mass is 15.4. The maximum atomic E-state index is 3.95. The van der Waals surface area contributed by atoms with Gasteiger partial charge in [0.1, 0.15) is 6.33 Å². The Balaban J connectivity index is 1.59. The Morgan fingerprint density at radius 1 is 1.25 bits per heavy atom. The van der Waals surface area contributed by atoms with Crippen molar-refractivity contribution in [2.45, 2.75) is 19.5 Å². The summed E-state index contributed by atoms with van der Waals surface area (Å²) in [5.74, 6) is 0. The normalized spacial score (nSPS) is 10.5. The number of nitrogens with one attached hydrogen (secondary N) is 1. The standard InChI is InChI=1S/C10H14N6/c1(4-16-5-3-14-15-16)2-11-6-10-7-12-9-13-8-10/h3,5,7-9,11H,1-2,4,6H2. The van der Waals surface area contributed by atoms with Crippen molar-refractivity contribution >= 4 is 0 Å². The Hall–Kier alpha value is -1.82. The van der Waals surface area contributed by atoms with E-state index in [9.17, 15) is 0 Å². The lowest BCUT2D eigenvalue weighted by atomic mass is 10.3. The second kappa shape index (κ2) is 5.92. The number of aryl methyl sites for hydroxylation is 1. The molecule has 0 aliphatic rings. The van der Waals surface area contributed by atoms with Gasteiger partial charge < -0.3 is 5.32 Å². The van der Waals surface area contributed by atoms with E-state index >= 15 is 0 Å². The van der Waals surface area contributed by atoms with Gasteiger partial charge in [0.05, 0.1) is 6.20 Å². The molecule has 0 unspecified atom stereocenters. The number of rotatable bonds is 6. The molecule has 2 aromatic rings. The smallest absolute Gasteiger partial charge is 0.115 e. The number of aromatic nitrogens is 5. The summed E-state index contributed by atoms with van der Waals surface area (Å²) in [5.41, 5.74) is 1.10. The predicted molar refractivity (Wildman–Crippen MR) is 58.4 cm³/mol. The van der Waals surface area contributed by atoms with Crippen LogP contribution in [0.25, 0.3) is 0 Å². The number of hydrogen-bond acceptors (Lipinski definition) is 5. The lowest BCUT2D eigenvalue weighted by Gasteiger charge is -2.03. The Kier molecular flexibility index (Phi) is 3.95. The molecule has 1 N–H and O–H groups in total. The largest absolute Gasteiger partial charge is 0.312 e. The molecule has 2 aromatic heterocycles. The van der Waals surface area contributed by atoms with Crippen LogP contribution in [0.5, 0.6) is 0 Å². The van der Waals surface area contributed by atoms with Crippen molar-refractivity contribution in [2.24, 2.45) is 0 Å². The van der Waals surface area contributed by atoms with Crippen molar-refractivity contribution in [1.29, 1.82) is 0 Å². The van der Waals surface area contributed by atoms with E-state index in [-0.39, 0.29) is 0 Å². The summed E-state index contributed by atoms with van der Waals surface area (Å²) in [6.45, 7) is 2.63. The molecule has 0 bridgehead atoms. The monoisotopic (exact) mass is 218 g/mol. The molecule has 2 rings (SSSR count). The SMILES string of the molecule is c1ncc(CNCCCn2ccnn2)cn1. The van der Waals surface area contributed by atoms with E-state index in [0.29, 0.717) is 0 Å². The lowest BCUT2D eigenvalue weighted by Crippen LogP contribution is -2.16.